The number of halogens is 1. The second kappa shape index (κ2) is 5.34. The zero-order chi connectivity index (χ0) is 14.2. The predicted molar refractivity (Wildman–Crippen MR) is 77.5 cm³/mol. The van der Waals surface area contributed by atoms with E-state index in [0.29, 0.717) is 0 Å². The van der Waals surface area contributed by atoms with Gasteiger partial charge in [-0.05, 0) is 32.5 Å². The van der Waals surface area contributed by atoms with E-state index in [0.717, 1.165) is 50.2 Å². The first kappa shape index (κ1) is 13.8. The fraction of sp³-hybridized carbons (Fsp3) is 0.625. The van der Waals surface area contributed by atoms with Crippen molar-refractivity contribution in [2.75, 3.05) is 26.7 Å². The van der Waals surface area contributed by atoms with Crippen LogP contribution in [-0.4, -0.2) is 37.2 Å². The molecule has 1 atom stereocenters. The van der Waals surface area contributed by atoms with Crippen molar-refractivity contribution in [2.24, 2.45) is 0 Å². The Morgan fingerprint density at radius 1 is 1.40 bits per heavy atom. The lowest BCUT2D eigenvalue weighted by Crippen LogP contribution is -2.51. The van der Waals surface area contributed by atoms with Crippen LogP contribution in [0.1, 0.15) is 37.8 Å². The molecule has 1 spiro atoms. The van der Waals surface area contributed by atoms with E-state index in [4.69, 9.17) is 4.74 Å². The zero-order valence-corrected chi connectivity index (χ0v) is 12.3. The summed E-state index contributed by atoms with van der Waals surface area (Å²) in [5.41, 5.74) is 0.970. The number of benzene rings is 1. The van der Waals surface area contributed by atoms with Gasteiger partial charge in [0.25, 0.3) is 0 Å². The first-order valence-corrected chi connectivity index (χ1v) is 7.52. The van der Waals surface area contributed by atoms with Crippen LogP contribution in [0.25, 0.3) is 0 Å². The fourth-order valence-corrected chi connectivity index (χ4v) is 3.40. The quantitative estimate of drug-likeness (QED) is 0.900. The van der Waals surface area contributed by atoms with Crippen molar-refractivity contribution in [1.29, 1.82) is 0 Å². The largest absolute Gasteiger partial charge is 0.487 e. The molecule has 4 heteroatoms. The van der Waals surface area contributed by atoms with Crippen LogP contribution in [0, 0.1) is 5.82 Å². The van der Waals surface area contributed by atoms with E-state index >= 15 is 0 Å². The topological polar surface area (TPSA) is 24.5 Å². The number of piperidine rings is 1. The van der Waals surface area contributed by atoms with Crippen LogP contribution < -0.4 is 10.1 Å². The Morgan fingerprint density at radius 2 is 2.15 bits per heavy atom. The summed E-state index contributed by atoms with van der Waals surface area (Å²) < 4.78 is 19.8. The second-order valence-electron chi connectivity index (χ2n) is 6.08. The summed E-state index contributed by atoms with van der Waals surface area (Å²) in [5, 5.41) is 3.53. The molecule has 1 N–H and O–H groups in total. The molecule has 0 saturated carbocycles. The lowest BCUT2D eigenvalue weighted by atomic mass is 9.80. The molecule has 3 nitrogen and oxygen atoms in total. The van der Waals surface area contributed by atoms with Gasteiger partial charge in [0.05, 0.1) is 0 Å². The van der Waals surface area contributed by atoms with E-state index in [9.17, 15) is 4.39 Å². The molecule has 1 fully saturated rings. The van der Waals surface area contributed by atoms with Crippen molar-refractivity contribution < 1.29 is 9.13 Å². The summed E-state index contributed by atoms with van der Waals surface area (Å²) in [6.07, 6.45) is 3.01. The van der Waals surface area contributed by atoms with Crippen LogP contribution in [-0.2, 0) is 0 Å². The monoisotopic (exact) mass is 278 g/mol. The van der Waals surface area contributed by atoms with Gasteiger partial charge < -0.3 is 15.0 Å². The average molecular weight is 278 g/mol. The van der Waals surface area contributed by atoms with Gasteiger partial charge in [-0.2, -0.15) is 0 Å². The Balaban J connectivity index is 1.91. The van der Waals surface area contributed by atoms with Gasteiger partial charge in [-0.1, -0.05) is 13.0 Å². The standard InChI is InChI=1S/C16H23FN2O/c1-3-18-14-11-16(6-8-19(2)9-7-16)20-15-10-12(17)4-5-13(14)15/h4-5,10,14,18H,3,6-9,11H2,1-2H3. The summed E-state index contributed by atoms with van der Waals surface area (Å²) in [7, 11) is 2.14. The number of likely N-dealkylation sites (tertiary alicyclic amines) is 1. The summed E-state index contributed by atoms with van der Waals surface area (Å²) >= 11 is 0. The molecule has 2 aliphatic rings. The molecule has 1 aromatic carbocycles. The van der Waals surface area contributed by atoms with E-state index in [1.807, 2.05) is 6.07 Å². The molecule has 2 aliphatic heterocycles. The number of rotatable bonds is 2. The minimum absolute atomic E-state index is 0.125. The first-order chi connectivity index (χ1) is 9.62. The molecule has 1 saturated heterocycles. The molecule has 0 aliphatic carbocycles. The number of ether oxygens (including phenoxy) is 1. The average Bonchev–Trinajstić information content (AvgIpc) is 2.42. The van der Waals surface area contributed by atoms with E-state index in [-0.39, 0.29) is 17.5 Å². The van der Waals surface area contributed by atoms with Gasteiger partial charge in [0.2, 0.25) is 0 Å². The molecule has 0 bridgehead atoms. The molecule has 1 aromatic rings. The first-order valence-electron chi connectivity index (χ1n) is 7.52. The highest BCUT2D eigenvalue weighted by molar-refractivity contribution is 5.39. The van der Waals surface area contributed by atoms with Crippen molar-refractivity contribution in [2.45, 2.75) is 37.8 Å². The SMILES string of the molecule is CCNC1CC2(CCN(C)CC2)Oc2cc(F)ccc21. The molecule has 110 valence electrons. The molecule has 0 aromatic heterocycles. The van der Waals surface area contributed by atoms with Crippen molar-refractivity contribution >= 4 is 0 Å². The maximum absolute atomic E-state index is 13.5. The summed E-state index contributed by atoms with van der Waals surface area (Å²) in [6.45, 7) is 5.12. The van der Waals surface area contributed by atoms with Crippen LogP contribution in [0.5, 0.6) is 5.75 Å². The molecule has 2 heterocycles. The molecule has 0 amide bonds. The predicted octanol–water partition coefficient (Wildman–Crippen LogP) is 2.72. The van der Waals surface area contributed by atoms with Crippen LogP contribution in [0.2, 0.25) is 0 Å². The second-order valence-corrected chi connectivity index (χ2v) is 6.08. The Bertz CT molecular complexity index is 483. The smallest absolute Gasteiger partial charge is 0.127 e. The van der Waals surface area contributed by atoms with Crippen molar-refractivity contribution in [3.05, 3.63) is 29.6 Å². The van der Waals surface area contributed by atoms with Crippen molar-refractivity contribution in [3.8, 4) is 5.75 Å². The van der Waals surface area contributed by atoms with E-state index in [1.165, 1.54) is 6.07 Å². The van der Waals surface area contributed by atoms with Gasteiger partial charge in [-0.3, -0.25) is 0 Å². The third kappa shape index (κ3) is 2.54. The van der Waals surface area contributed by atoms with Crippen LogP contribution in [0.15, 0.2) is 18.2 Å². The van der Waals surface area contributed by atoms with Crippen molar-refractivity contribution in [1.82, 2.24) is 10.2 Å². The molecule has 3 rings (SSSR count). The number of nitrogens with zero attached hydrogens (tertiary/aromatic N) is 1. The summed E-state index contributed by atoms with van der Waals surface area (Å²) in [5.74, 6) is 0.510. The molecule has 0 radical (unpaired) electrons. The third-order valence-electron chi connectivity index (χ3n) is 4.60. The highest BCUT2D eigenvalue weighted by Gasteiger charge is 2.42. The highest BCUT2D eigenvalue weighted by Crippen LogP contribution is 2.44. The molecule has 20 heavy (non-hydrogen) atoms. The van der Waals surface area contributed by atoms with Gasteiger partial charge in [0.15, 0.2) is 0 Å². The van der Waals surface area contributed by atoms with Gasteiger partial charge in [-0.25, -0.2) is 4.39 Å². The lowest BCUT2D eigenvalue weighted by molar-refractivity contribution is -0.0203. The molecular weight excluding hydrogens is 255 g/mol. The zero-order valence-electron chi connectivity index (χ0n) is 12.3. The summed E-state index contributed by atoms with van der Waals surface area (Å²) in [6, 6.07) is 5.20. The van der Waals surface area contributed by atoms with Gasteiger partial charge in [0.1, 0.15) is 17.2 Å². The Morgan fingerprint density at radius 3 is 2.85 bits per heavy atom. The number of fused-ring (bicyclic) bond motifs is 1. The van der Waals surface area contributed by atoms with Crippen LogP contribution in [0.4, 0.5) is 4.39 Å². The number of hydrogen-bond donors (Lipinski definition) is 1. The molecular formula is C16H23FN2O. The van der Waals surface area contributed by atoms with E-state index in [1.54, 1.807) is 6.07 Å². The van der Waals surface area contributed by atoms with E-state index < -0.39 is 0 Å². The van der Waals surface area contributed by atoms with Crippen molar-refractivity contribution in [3.63, 3.8) is 0 Å². The number of hydrogen-bond acceptors (Lipinski definition) is 3. The number of nitrogens with one attached hydrogen (secondary N) is 1. The summed E-state index contributed by atoms with van der Waals surface area (Å²) in [4.78, 5) is 2.33. The van der Waals surface area contributed by atoms with Gasteiger partial charge in [0, 0.05) is 37.2 Å². The maximum atomic E-state index is 13.5. The fourth-order valence-electron chi connectivity index (χ4n) is 3.40. The highest BCUT2D eigenvalue weighted by atomic mass is 19.1. The minimum Gasteiger partial charge on any atom is -0.487 e. The normalized spacial score (nSPS) is 25.2. The van der Waals surface area contributed by atoms with E-state index in [2.05, 4.69) is 24.2 Å². The Labute approximate surface area is 120 Å². The lowest BCUT2D eigenvalue weighted by Gasteiger charge is -2.46. The minimum atomic E-state index is -0.219. The molecule has 1 unspecified atom stereocenters. The van der Waals surface area contributed by atoms with Gasteiger partial charge >= 0.3 is 0 Å². The third-order valence-corrected chi connectivity index (χ3v) is 4.60. The maximum Gasteiger partial charge on any atom is 0.127 e. The van der Waals surface area contributed by atoms with Crippen LogP contribution in [0.3, 0.4) is 0 Å². The van der Waals surface area contributed by atoms with Crippen LogP contribution >= 0.6 is 0 Å². The van der Waals surface area contributed by atoms with Gasteiger partial charge in [-0.15, -0.1) is 0 Å². The Hall–Kier alpha value is -1.13. The Kier molecular flexibility index (Phi) is 3.69.